The van der Waals surface area contributed by atoms with Crippen molar-refractivity contribution in [2.45, 2.75) is 77.4 Å². The molecule has 1 fully saturated rings. The number of carbonyl (C=O) groups is 2. The molecule has 1 saturated heterocycles. The van der Waals surface area contributed by atoms with E-state index in [0.29, 0.717) is 45.3 Å². The summed E-state index contributed by atoms with van der Waals surface area (Å²) >= 11 is 0. The minimum atomic E-state index is -0.703. The minimum Gasteiger partial charge on any atom is -0.370 e. The van der Waals surface area contributed by atoms with Crippen molar-refractivity contribution in [2.75, 3.05) is 19.6 Å². The second kappa shape index (κ2) is 20.5. The Morgan fingerprint density at radius 1 is 0.820 bits per heavy atom. The van der Waals surface area contributed by atoms with E-state index < -0.39 is 6.04 Å². The average molecular weight is 677 g/mol. The lowest BCUT2D eigenvalue weighted by atomic mass is 9.95. The highest BCUT2D eigenvalue weighted by molar-refractivity contribution is 5.87. The van der Waals surface area contributed by atoms with Gasteiger partial charge in [-0.25, -0.2) is 0 Å². The van der Waals surface area contributed by atoms with E-state index in [4.69, 9.17) is 17.2 Å². The number of hydrogen-bond acceptors (Lipinski definition) is 4. The van der Waals surface area contributed by atoms with Gasteiger partial charge in [-0.1, -0.05) is 111 Å². The summed E-state index contributed by atoms with van der Waals surface area (Å²) in [7, 11) is 0. The van der Waals surface area contributed by atoms with Crippen LogP contribution in [0.25, 0.3) is 21.5 Å². The fourth-order valence-electron chi connectivity index (χ4n) is 6.41. The predicted octanol–water partition coefficient (Wildman–Crippen LogP) is 6.75. The van der Waals surface area contributed by atoms with Gasteiger partial charge in [0.05, 0.1) is 12.5 Å². The summed E-state index contributed by atoms with van der Waals surface area (Å²) in [6.45, 7) is 14.5. The fraction of sp³-hybridized carbons (Fsp3) is 0.357. The van der Waals surface area contributed by atoms with Crippen molar-refractivity contribution in [1.29, 1.82) is 0 Å². The van der Waals surface area contributed by atoms with Gasteiger partial charge in [-0.15, -0.1) is 13.2 Å². The van der Waals surface area contributed by atoms with Gasteiger partial charge in [-0.3, -0.25) is 14.6 Å². The first-order valence-electron chi connectivity index (χ1n) is 17.8. The highest BCUT2D eigenvalue weighted by atomic mass is 16.2. The van der Waals surface area contributed by atoms with Gasteiger partial charge in [0.15, 0.2) is 5.96 Å². The Kier molecular flexibility index (Phi) is 16.2. The number of benzene rings is 4. The van der Waals surface area contributed by atoms with Crippen LogP contribution in [0.5, 0.6) is 0 Å². The molecule has 4 aromatic rings. The number of amides is 2. The quantitative estimate of drug-likeness (QED) is 0.0661. The number of rotatable bonds is 12. The highest BCUT2D eigenvalue weighted by Crippen LogP contribution is 2.26. The molecule has 0 aliphatic carbocycles. The van der Waals surface area contributed by atoms with Crippen LogP contribution < -0.4 is 17.2 Å². The van der Waals surface area contributed by atoms with Crippen molar-refractivity contribution < 1.29 is 9.59 Å². The zero-order valence-electron chi connectivity index (χ0n) is 30.1. The molecule has 0 spiro atoms. The topological polar surface area (TPSA) is 131 Å². The van der Waals surface area contributed by atoms with Gasteiger partial charge >= 0.3 is 0 Å². The first kappa shape index (κ1) is 39.5. The van der Waals surface area contributed by atoms with E-state index in [1.807, 2.05) is 73.0 Å². The predicted molar refractivity (Wildman–Crippen MR) is 211 cm³/mol. The minimum absolute atomic E-state index is 0.0423. The van der Waals surface area contributed by atoms with Gasteiger partial charge in [0, 0.05) is 31.7 Å². The first-order chi connectivity index (χ1) is 24.2. The molecule has 50 heavy (non-hydrogen) atoms. The molecule has 266 valence electrons. The van der Waals surface area contributed by atoms with Gasteiger partial charge in [0.2, 0.25) is 11.8 Å². The third kappa shape index (κ3) is 11.3. The standard InChI is InChI=1S/C37H44N6O2.C3H6.C2H6/c1-2-3-13-32-25-43(36(45)34(38)22-26-15-17-28-9-4-6-11-30(28)20-26)33(14-8-19-41-37(39)40)24-42(32)35(44)23-27-16-18-29-10-5-7-12-31(29)21-27;1-3-2;1-2/h2,4-7,9-12,15-18,20-21,32-34H,1,3,8,13-14,19,22-25,38H2,(H4,39,40,41);3H,1H2,2H3;1-2H3/t32-,33-,34-;;/m1../s1. The summed E-state index contributed by atoms with van der Waals surface area (Å²) in [5.41, 5.74) is 19.7. The number of aliphatic imine (C=N–C) groups is 1. The number of hydrogen-bond donors (Lipinski definition) is 3. The second-order valence-corrected chi connectivity index (χ2v) is 12.4. The normalized spacial score (nSPS) is 15.9. The number of piperazine rings is 1. The Morgan fingerprint density at radius 2 is 1.34 bits per heavy atom. The summed E-state index contributed by atoms with van der Waals surface area (Å²) in [5.74, 6) is 0.00187. The third-order valence-corrected chi connectivity index (χ3v) is 8.75. The molecule has 2 amide bonds. The summed E-state index contributed by atoms with van der Waals surface area (Å²) in [6.07, 6.45) is 7.14. The Morgan fingerprint density at radius 3 is 1.92 bits per heavy atom. The van der Waals surface area contributed by atoms with Crippen LogP contribution in [0.15, 0.2) is 115 Å². The molecule has 0 bridgehead atoms. The molecular weight excluding hydrogens is 621 g/mol. The molecule has 1 heterocycles. The van der Waals surface area contributed by atoms with Crippen LogP contribution in [0, 0.1) is 0 Å². The molecule has 4 aromatic carbocycles. The summed E-state index contributed by atoms with van der Waals surface area (Å²) in [5, 5.41) is 4.52. The van der Waals surface area contributed by atoms with Crippen LogP contribution in [0.4, 0.5) is 0 Å². The van der Waals surface area contributed by atoms with Gasteiger partial charge in [0.1, 0.15) is 0 Å². The molecule has 1 aliphatic heterocycles. The Balaban J connectivity index is 0.00000128. The Hall–Kier alpha value is -4.95. The molecule has 0 aromatic heterocycles. The van der Waals surface area contributed by atoms with Crippen molar-refractivity contribution >= 4 is 39.3 Å². The molecule has 3 atom stereocenters. The number of nitrogens with two attached hydrogens (primary N) is 3. The molecule has 6 N–H and O–H groups in total. The third-order valence-electron chi connectivity index (χ3n) is 8.75. The van der Waals surface area contributed by atoms with E-state index in [1.54, 1.807) is 6.08 Å². The smallest absolute Gasteiger partial charge is 0.240 e. The van der Waals surface area contributed by atoms with E-state index in [-0.39, 0.29) is 29.9 Å². The monoisotopic (exact) mass is 676 g/mol. The first-order valence-corrected chi connectivity index (χ1v) is 17.8. The van der Waals surface area contributed by atoms with Crippen LogP contribution in [0.1, 0.15) is 57.6 Å². The van der Waals surface area contributed by atoms with Crippen molar-refractivity contribution in [3.8, 4) is 0 Å². The average Bonchev–Trinajstić information content (AvgIpc) is 3.13. The number of nitrogens with zero attached hydrogens (tertiary/aromatic N) is 3. The Bertz CT molecular complexity index is 1730. The van der Waals surface area contributed by atoms with Crippen LogP contribution in [0.3, 0.4) is 0 Å². The SMILES string of the molecule is C=CC.C=CCC[C@@H]1CN(C(=O)[C@H](N)Cc2ccc3ccccc3c2)[C@H](CCCN=C(N)N)CN1C(=O)Cc1ccc2ccccc2c1.CC. The molecule has 0 saturated carbocycles. The second-order valence-electron chi connectivity index (χ2n) is 12.4. The largest absolute Gasteiger partial charge is 0.370 e. The number of guanidine groups is 1. The fourth-order valence-corrected chi connectivity index (χ4v) is 6.41. The van der Waals surface area contributed by atoms with Crippen LogP contribution in [0.2, 0.25) is 0 Å². The van der Waals surface area contributed by atoms with Gasteiger partial charge in [0.25, 0.3) is 0 Å². The lowest BCUT2D eigenvalue weighted by Gasteiger charge is -2.47. The van der Waals surface area contributed by atoms with E-state index in [0.717, 1.165) is 45.5 Å². The summed E-state index contributed by atoms with van der Waals surface area (Å²) < 4.78 is 0. The van der Waals surface area contributed by atoms with Gasteiger partial charge in [-0.05, 0) is 71.7 Å². The molecule has 5 rings (SSSR count). The highest BCUT2D eigenvalue weighted by Gasteiger charge is 2.39. The van der Waals surface area contributed by atoms with Crippen LogP contribution in [-0.4, -0.2) is 65.3 Å². The maximum atomic E-state index is 14.0. The van der Waals surface area contributed by atoms with Crippen molar-refractivity contribution in [2.24, 2.45) is 22.2 Å². The van der Waals surface area contributed by atoms with E-state index in [1.165, 1.54) is 0 Å². The lowest BCUT2D eigenvalue weighted by molar-refractivity contribution is -0.147. The van der Waals surface area contributed by atoms with E-state index in [2.05, 4.69) is 66.7 Å². The number of fused-ring (bicyclic) bond motifs is 2. The maximum absolute atomic E-state index is 14.0. The zero-order valence-corrected chi connectivity index (χ0v) is 30.1. The summed E-state index contributed by atoms with van der Waals surface area (Å²) in [4.78, 5) is 36.0. The van der Waals surface area contributed by atoms with E-state index in [9.17, 15) is 9.59 Å². The van der Waals surface area contributed by atoms with Crippen LogP contribution in [-0.2, 0) is 22.4 Å². The molecule has 8 heteroatoms. The molecular formula is C42H56N6O2. The van der Waals surface area contributed by atoms with Crippen molar-refractivity contribution in [1.82, 2.24) is 9.80 Å². The van der Waals surface area contributed by atoms with Crippen molar-refractivity contribution in [3.05, 3.63) is 121 Å². The Labute approximate surface area is 298 Å². The van der Waals surface area contributed by atoms with Gasteiger partial charge in [-0.2, -0.15) is 0 Å². The van der Waals surface area contributed by atoms with E-state index >= 15 is 0 Å². The van der Waals surface area contributed by atoms with Crippen LogP contribution >= 0.6 is 0 Å². The number of carbonyl (C=O) groups excluding carboxylic acids is 2. The molecule has 0 radical (unpaired) electrons. The maximum Gasteiger partial charge on any atom is 0.240 e. The van der Waals surface area contributed by atoms with Gasteiger partial charge < -0.3 is 27.0 Å². The number of allylic oxidation sites excluding steroid dienone is 2. The lowest BCUT2D eigenvalue weighted by Crippen LogP contribution is -2.63. The molecule has 1 aliphatic rings. The molecule has 0 unspecified atom stereocenters. The summed E-state index contributed by atoms with van der Waals surface area (Å²) in [6, 6.07) is 27.7. The zero-order chi connectivity index (χ0) is 36.5. The van der Waals surface area contributed by atoms with Crippen molar-refractivity contribution in [3.63, 3.8) is 0 Å². The molecule has 8 nitrogen and oxygen atoms in total.